The molecule has 3 N–H and O–H groups in total. The molecule has 1 amide bonds. The van der Waals surface area contributed by atoms with Crippen molar-refractivity contribution in [3.63, 3.8) is 0 Å². The molecule has 0 spiro atoms. The molecule has 4 aromatic rings. The summed E-state index contributed by atoms with van der Waals surface area (Å²) in [7, 11) is 0. The predicted octanol–water partition coefficient (Wildman–Crippen LogP) is 3.45. The summed E-state index contributed by atoms with van der Waals surface area (Å²) in [6.07, 6.45) is 1.80. The molecule has 4 heterocycles. The summed E-state index contributed by atoms with van der Waals surface area (Å²) in [6.45, 7) is 1.45. The van der Waals surface area contributed by atoms with Gasteiger partial charge in [0.15, 0.2) is 0 Å². The van der Waals surface area contributed by atoms with E-state index in [1.54, 1.807) is 6.20 Å². The first-order valence-electron chi connectivity index (χ1n) is 9.29. The Morgan fingerprint density at radius 1 is 1.00 bits per heavy atom. The quantitative estimate of drug-likeness (QED) is 0.515. The summed E-state index contributed by atoms with van der Waals surface area (Å²) in [4.78, 5) is 24.7. The highest BCUT2D eigenvalue weighted by Crippen LogP contribution is 2.27. The van der Waals surface area contributed by atoms with Gasteiger partial charge in [0.1, 0.15) is 11.5 Å². The SMILES string of the molecule is O=C(Nc1cccc(-c2cnc3[nH]c(-c4ccccc4)cc3c2)n1)C1CNC1. The number of anilines is 1. The highest BCUT2D eigenvalue weighted by Gasteiger charge is 2.25. The molecule has 28 heavy (non-hydrogen) atoms. The minimum atomic E-state index is 0.00937. The van der Waals surface area contributed by atoms with Gasteiger partial charge in [-0.1, -0.05) is 36.4 Å². The average molecular weight is 369 g/mol. The lowest BCUT2D eigenvalue weighted by molar-refractivity contribution is -0.121. The van der Waals surface area contributed by atoms with Crippen LogP contribution in [0, 0.1) is 5.92 Å². The molecule has 1 aliphatic heterocycles. The average Bonchev–Trinajstić information content (AvgIpc) is 3.11. The summed E-state index contributed by atoms with van der Waals surface area (Å²) >= 11 is 0. The smallest absolute Gasteiger partial charge is 0.231 e. The van der Waals surface area contributed by atoms with Gasteiger partial charge in [0.2, 0.25) is 5.91 Å². The molecule has 1 fully saturated rings. The van der Waals surface area contributed by atoms with Gasteiger partial charge in [-0.15, -0.1) is 0 Å². The van der Waals surface area contributed by atoms with E-state index in [-0.39, 0.29) is 11.8 Å². The van der Waals surface area contributed by atoms with Gasteiger partial charge in [-0.05, 0) is 29.8 Å². The Hall–Kier alpha value is -3.51. The molecule has 0 saturated carbocycles. The fraction of sp³-hybridized carbons (Fsp3) is 0.136. The third-order valence-electron chi connectivity index (χ3n) is 5.00. The van der Waals surface area contributed by atoms with E-state index in [9.17, 15) is 4.79 Å². The van der Waals surface area contributed by atoms with Gasteiger partial charge in [-0.3, -0.25) is 4.79 Å². The Labute approximate surface area is 162 Å². The Bertz CT molecular complexity index is 1150. The Morgan fingerprint density at radius 2 is 1.86 bits per heavy atom. The lowest BCUT2D eigenvalue weighted by Crippen LogP contribution is -2.48. The first-order valence-corrected chi connectivity index (χ1v) is 9.29. The summed E-state index contributed by atoms with van der Waals surface area (Å²) in [5.74, 6) is 0.600. The van der Waals surface area contributed by atoms with Crippen LogP contribution in [0.15, 0.2) is 66.9 Å². The number of pyridine rings is 2. The topological polar surface area (TPSA) is 82.7 Å². The minimum absolute atomic E-state index is 0.00937. The van der Waals surface area contributed by atoms with E-state index < -0.39 is 0 Å². The maximum Gasteiger partial charge on any atom is 0.231 e. The second-order valence-corrected chi connectivity index (χ2v) is 6.96. The second kappa shape index (κ2) is 6.90. The fourth-order valence-electron chi connectivity index (χ4n) is 3.30. The van der Waals surface area contributed by atoms with Crippen molar-refractivity contribution in [2.75, 3.05) is 18.4 Å². The van der Waals surface area contributed by atoms with Crippen LogP contribution in [0.3, 0.4) is 0 Å². The number of carbonyl (C=O) groups is 1. The molecule has 0 bridgehead atoms. The van der Waals surface area contributed by atoms with Gasteiger partial charge in [-0.25, -0.2) is 9.97 Å². The number of nitrogens with one attached hydrogen (secondary N) is 3. The molecule has 1 aliphatic rings. The van der Waals surface area contributed by atoms with Gasteiger partial charge >= 0.3 is 0 Å². The molecule has 0 radical (unpaired) electrons. The second-order valence-electron chi connectivity index (χ2n) is 6.96. The molecule has 6 nitrogen and oxygen atoms in total. The molecule has 3 aromatic heterocycles. The summed E-state index contributed by atoms with van der Waals surface area (Å²) in [5, 5.41) is 7.03. The molecule has 0 atom stereocenters. The van der Waals surface area contributed by atoms with Crippen molar-refractivity contribution in [2.45, 2.75) is 0 Å². The Balaban J connectivity index is 1.44. The monoisotopic (exact) mass is 369 g/mol. The molecule has 138 valence electrons. The number of hydrogen-bond acceptors (Lipinski definition) is 4. The number of amides is 1. The highest BCUT2D eigenvalue weighted by molar-refractivity contribution is 5.93. The number of nitrogens with zero attached hydrogens (tertiary/aromatic N) is 2. The molecule has 0 unspecified atom stereocenters. The van der Waals surface area contributed by atoms with Gasteiger partial charge < -0.3 is 15.6 Å². The molecule has 5 rings (SSSR count). The third kappa shape index (κ3) is 3.14. The number of hydrogen-bond donors (Lipinski definition) is 3. The zero-order valence-corrected chi connectivity index (χ0v) is 15.1. The number of carbonyl (C=O) groups excluding carboxylic acids is 1. The largest absolute Gasteiger partial charge is 0.339 e. The maximum absolute atomic E-state index is 12.1. The Morgan fingerprint density at radius 3 is 2.64 bits per heavy atom. The third-order valence-corrected chi connectivity index (χ3v) is 5.00. The van der Waals surface area contributed by atoms with Crippen molar-refractivity contribution in [2.24, 2.45) is 5.92 Å². The van der Waals surface area contributed by atoms with E-state index in [0.717, 1.165) is 46.6 Å². The first kappa shape index (κ1) is 16.6. The summed E-state index contributed by atoms with van der Waals surface area (Å²) in [6, 6.07) is 20.0. The zero-order valence-electron chi connectivity index (χ0n) is 15.1. The van der Waals surface area contributed by atoms with Crippen molar-refractivity contribution in [3.05, 3.63) is 66.9 Å². The number of aromatic nitrogens is 3. The van der Waals surface area contributed by atoms with Crippen molar-refractivity contribution < 1.29 is 4.79 Å². The predicted molar refractivity (Wildman–Crippen MR) is 110 cm³/mol. The van der Waals surface area contributed by atoms with Gasteiger partial charge in [0.25, 0.3) is 0 Å². The number of H-pyrrole nitrogens is 1. The number of rotatable bonds is 4. The molecule has 0 aliphatic carbocycles. The summed E-state index contributed by atoms with van der Waals surface area (Å²) < 4.78 is 0. The number of fused-ring (bicyclic) bond motifs is 1. The van der Waals surface area contributed by atoms with Gasteiger partial charge in [0.05, 0.1) is 11.6 Å². The lowest BCUT2D eigenvalue weighted by atomic mass is 10.0. The Kier molecular flexibility index (Phi) is 4.10. The van der Waals surface area contributed by atoms with Gasteiger partial charge in [-0.2, -0.15) is 0 Å². The van der Waals surface area contributed by atoms with Crippen molar-refractivity contribution in [1.82, 2.24) is 20.3 Å². The van der Waals surface area contributed by atoms with Crippen LogP contribution < -0.4 is 10.6 Å². The molecule has 1 aromatic carbocycles. The van der Waals surface area contributed by atoms with Gasteiger partial charge in [0, 0.05) is 35.9 Å². The van der Waals surface area contributed by atoms with Crippen LogP contribution in [0.4, 0.5) is 5.82 Å². The van der Waals surface area contributed by atoms with Crippen LogP contribution in [0.5, 0.6) is 0 Å². The molecular formula is C22H19N5O. The van der Waals surface area contributed by atoms with Crippen LogP contribution >= 0.6 is 0 Å². The minimum Gasteiger partial charge on any atom is -0.339 e. The van der Waals surface area contributed by atoms with E-state index in [4.69, 9.17) is 0 Å². The summed E-state index contributed by atoms with van der Waals surface area (Å²) in [5.41, 5.74) is 4.68. The van der Waals surface area contributed by atoms with E-state index in [2.05, 4.69) is 49.9 Å². The lowest BCUT2D eigenvalue weighted by Gasteiger charge is -2.25. The molecular weight excluding hydrogens is 350 g/mol. The number of benzene rings is 1. The molecule has 1 saturated heterocycles. The van der Waals surface area contributed by atoms with Crippen LogP contribution in [0.25, 0.3) is 33.5 Å². The fourth-order valence-corrected chi connectivity index (χ4v) is 3.30. The highest BCUT2D eigenvalue weighted by atomic mass is 16.2. The van der Waals surface area contributed by atoms with Crippen molar-refractivity contribution >= 4 is 22.8 Å². The van der Waals surface area contributed by atoms with Crippen LogP contribution in [-0.2, 0) is 4.79 Å². The maximum atomic E-state index is 12.1. The number of aromatic amines is 1. The van der Waals surface area contributed by atoms with Crippen molar-refractivity contribution in [3.8, 4) is 22.5 Å². The zero-order chi connectivity index (χ0) is 18.9. The first-order chi connectivity index (χ1) is 13.8. The van der Waals surface area contributed by atoms with E-state index in [1.165, 1.54) is 0 Å². The normalized spacial score (nSPS) is 14.0. The standard InChI is InChI=1S/C22H19N5O/c28-22(17-11-23-12-17)27-20-8-4-7-18(25-20)16-9-15-10-19(26-21(15)24-13-16)14-5-2-1-3-6-14/h1-10,13,17,23H,11-12H2,(H,24,26)(H,25,27,28). The van der Waals surface area contributed by atoms with E-state index in [1.807, 2.05) is 36.4 Å². The van der Waals surface area contributed by atoms with E-state index >= 15 is 0 Å². The van der Waals surface area contributed by atoms with Crippen LogP contribution in [0.1, 0.15) is 0 Å². The molecule has 6 heteroatoms. The van der Waals surface area contributed by atoms with Crippen LogP contribution in [-0.4, -0.2) is 33.9 Å². The van der Waals surface area contributed by atoms with E-state index in [0.29, 0.717) is 5.82 Å². The van der Waals surface area contributed by atoms with Crippen LogP contribution in [0.2, 0.25) is 0 Å². The van der Waals surface area contributed by atoms with Crippen molar-refractivity contribution in [1.29, 1.82) is 0 Å².